The zero-order valence-electron chi connectivity index (χ0n) is 10.3. The van der Waals surface area contributed by atoms with Gasteiger partial charge in [-0.3, -0.25) is 0 Å². The maximum Gasteiger partial charge on any atom is 0.227 e. The van der Waals surface area contributed by atoms with Crippen LogP contribution in [0.5, 0.6) is 5.88 Å². The number of hydrogen-bond donors (Lipinski definition) is 1. The van der Waals surface area contributed by atoms with Gasteiger partial charge in [0.05, 0.1) is 5.39 Å². The smallest absolute Gasteiger partial charge is 0.227 e. The number of fused-ring (bicyclic) bond motifs is 1. The van der Waals surface area contributed by atoms with Gasteiger partial charge in [-0.2, -0.15) is 4.98 Å². The molecule has 2 N–H and O–H groups in total. The molecule has 1 aliphatic rings. The van der Waals surface area contributed by atoms with Gasteiger partial charge >= 0.3 is 0 Å². The molecule has 0 radical (unpaired) electrons. The fraction of sp³-hybridized carbons (Fsp3) is 0.500. The minimum atomic E-state index is 0.274. The molecule has 0 amide bonds. The molecule has 1 fully saturated rings. The van der Waals surface area contributed by atoms with Gasteiger partial charge in [-0.05, 0) is 31.3 Å². The van der Waals surface area contributed by atoms with Crippen molar-refractivity contribution in [3.05, 3.63) is 11.4 Å². The molecular formula is C12H16N4OS. The second-order valence-corrected chi connectivity index (χ2v) is 5.48. The van der Waals surface area contributed by atoms with Gasteiger partial charge < -0.3 is 15.4 Å². The second-order valence-electron chi connectivity index (χ2n) is 4.59. The van der Waals surface area contributed by atoms with Gasteiger partial charge in [-0.15, -0.1) is 11.3 Å². The van der Waals surface area contributed by atoms with E-state index in [0.29, 0.717) is 12.5 Å². The zero-order chi connectivity index (χ0) is 12.5. The van der Waals surface area contributed by atoms with Crippen LogP contribution < -0.4 is 10.5 Å². The van der Waals surface area contributed by atoms with Crippen LogP contribution in [0.25, 0.3) is 10.2 Å². The molecule has 0 bridgehead atoms. The first-order valence-electron chi connectivity index (χ1n) is 6.08. The van der Waals surface area contributed by atoms with Gasteiger partial charge in [0.15, 0.2) is 0 Å². The number of nitrogen functional groups attached to an aromatic ring is 1. The predicted molar refractivity (Wildman–Crippen MR) is 73.0 cm³/mol. The number of nitrogens with zero attached hydrogens (tertiary/aromatic N) is 3. The van der Waals surface area contributed by atoms with Crippen molar-refractivity contribution >= 4 is 27.5 Å². The Morgan fingerprint density at radius 2 is 2.33 bits per heavy atom. The molecule has 0 aromatic carbocycles. The summed E-state index contributed by atoms with van der Waals surface area (Å²) in [5.41, 5.74) is 5.67. The molecule has 2 heterocycles. The standard InChI is InChI=1S/C12H16N4OS/c1-16(8-2-3-8)5-6-17-10-9-4-7-18-11(9)15-12(13)14-10/h4,7-8H,2-3,5-6H2,1H3,(H2,13,14,15). The summed E-state index contributed by atoms with van der Waals surface area (Å²) >= 11 is 1.55. The number of rotatable bonds is 5. The molecule has 0 spiro atoms. The third kappa shape index (κ3) is 2.39. The number of likely N-dealkylation sites (N-methyl/N-ethyl adjacent to an activating group) is 1. The van der Waals surface area contributed by atoms with Gasteiger partial charge in [0.1, 0.15) is 11.4 Å². The normalized spacial score (nSPS) is 15.4. The zero-order valence-corrected chi connectivity index (χ0v) is 11.1. The first-order chi connectivity index (χ1) is 8.74. The van der Waals surface area contributed by atoms with Crippen LogP contribution in [-0.2, 0) is 0 Å². The summed E-state index contributed by atoms with van der Waals surface area (Å²) in [6.07, 6.45) is 2.62. The van der Waals surface area contributed by atoms with E-state index in [1.807, 2.05) is 11.4 Å². The van der Waals surface area contributed by atoms with Gasteiger partial charge in [0, 0.05) is 12.6 Å². The molecule has 3 rings (SSSR count). The van der Waals surface area contributed by atoms with Crippen LogP contribution in [0.3, 0.4) is 0 Å². The summed E-state index contributed by atoms with van der Waals surface area (Å²) in [7, 11) is 2.13. The Bertz CT molecular complexity index is 552. The van der Waals surface area contributed by atoms with Crippen LogP contribution in [-0.4, -0.2) is 41.1 Å². The number of thiophene rings is 1. The number of ether oxygens (including phenoxy) is 1. The lowest BCUT2D eigenvalue weighted by Gasteiger charge is -2.15. The summed E-state index contributed by atoms with van der Waals surface area (Å²) in [5, 5.41) is 2.92. The van der Waals surface area contributed by atoms with Crippen molar-refractivity contribution in [2.75, 3.05) is 25.9 Å². The van der Waals surface area contributed by atoms with Crippen molar-refractivity contribution in [1.29, 1.82) is 0 Å². The highest BCUT2D eigenvalue weighted by Crippen LogP contribution is 2.28. The average molecular weight is 264 g/mol. The Labute approximate surface area is 110 Å². The van der Waals surface area contributed by atoms with E-state index in [2.05, 4.69) is 21.9 Å². The lowest BCUT2D eigenvalue weighted by atomic mass is 10.4. The van der Waals surface area contributed by atoms with Crippen molar-refractivity contribution in [1.82, 2.24) is 14.9 Å². The van der Waals surface area contributed by atoms with Crippen molar-refractivity contribution in [3.8, 4) is 5.88 Å². The molecule has 0 atom stereocenters. The average Bonchev–Trinajstić information content (AvgIpc) is 3.08. The molecule has 0 unspecified atom stereocenters. The Balaban J connectivity index is 1.67. The highest BCUT2D eigenvalue weighted by molar-refractivity contribution is 7.16. The molecule has 6 heteroatoms. The molecule has 96 valence electrons. The van der Waals surface area contributed by atoms with E-state index in [4.69, 9.17) is 10.5 Å². The lowest BCUT2D eigenvalue weighted by molar-refractivity contribution is 0.228. The number of aromatic nitrogens is 2. The van der Waals surface area contributed by atoms with Crippen LogP contribution in [0.2, 0.25) is 0 Å². The quantitative estimate of drug-likeness (QED) is 0.891. The first-order valence-corrected chi connectivity index (χ1v) is 6.96. The number of hydrogen-bond acceptors (Lipinski definition) is 6. The van der Waals surface area contributed by atoms with Crippen LogP contribution in [0, 0.1) is 0 Å². The monoisotopic (exact) mass is 264 g/mol. The second kappa shape index (κ2) is 4.70. The van der Waals surface area contributed by atoms with Crippen LogP contribution in [0.4, 0.5) is 5.95 Å². The van der Waals surface area contributed by atoms with Gasteiger partial charge in [0.2, 0.25) is 11.8 Å². The molecule has 2 aromatic heterocycles. The SMILES string of the molecule is CN(CCOc1nc(N)nc2sccc12)C1CC1. The lowest BCUT2D eigenvalue weighted by Crippen LogP contribution is -2.26. The van der Waals surface area contributed by atoms with E-state index < -0.39 is 0 Å². The van der Waals surface area contributed by atoms with E-state index in [1.165, 1.54) is 12.8 Å². The minimum Gasteiger partial charge on any atom is -0.476 e. The molecule has 2 aromatic rings. The minimum absolute atomic E-state index is 0.274. The summed E-state index contributed by atoms with van der Waals surface area (Å²) in [6, 6.07) is 2.73. The van der Waals surface area contributed by atoms with E-state index in [0.717, 1.165) is 22.8 Å². The van der Waals surface area contributed by atoms with Crippen LogP contribution >= 0.6 is 11.3 Å². The fourth-order valence-corrected chi connectivity index (χ4v) is 2.70. The fourth-order valence-electron chi connectivity index (χ4n) is 1.94. The molecule has 1 aliphatic carbocycles. The molecule has 0 saturated heterocycles. The largest absolute Gasteiger partial charge is 0.476 e. The van der Waals surface area contributed by atoms with Gasteiger partial charge in [-0.1, -0.05) is 0 Å². The summed E-state index contributed by atoms with van der Waals surface area (Å²) in [5.74, 6) is 0.874. The molecule has 18 heavy (non-hydrogen) atoms. The maximum absolute atomic E-state index is 5.74. The van der Waals surface area contributed by atoms with Crippen molar-refractivity contribution in [2.24, 2.45) is 0 Å². The van der Waals surface area contributed by atoms with E-state index in [9.17, 15) is 0 Å². The highest BCUT2D eigenvalue weighted by Gasteiger charge is 2.25. The maximum atomic E-state index is 5.74. The number of nitrogens with two attached hydrogens (primary N) is 1. The van der Waals surface area contributed by atoms with E-state index >= 15 is 0 Å². The molecule has 1 saturated carbocycles. The van der Waals surface area contributed by atoms with Gasteiger partial charge in [-0.25, -0.2) is 4.98 Å². The third-order valence-electron chi connectivity index (χ3n) is 3.16. The van der Waals surface area contributed by atoms with Crippen molar-refractivity contribution in [2.45, 2.75) is 18.9 Å². The van der Waals surface area contributed by atoms with Crippen LogP contribution in [0.1, 0.15) is 12.8 Å². The Morgan fingerprint density at radius 1 is 1.50 bits per heavy atom. The van der Waals surface area contributed by atoms with E-state index in [-0.39, 0.29) is 5.95 Å². The van der Waals surface area contributed by atoms with Gasteiger partial charge in [0.25, 0.3) is 0 Å². The Morgan fingerprint density at radius 3 is 3.11 bits per heavy atom. The Kier molecular flexibility index (Phi) is 3.05. The van der Waals surface area contributed by atoms with Crippen LogP contribution in [0.15, 0.2) is 11.4 Å². The molecular weight excluding hydrogens is 248 g/mol. The molecule has 0 aliphatic heterocycles. The highest BCUT2D eigenvalue weighted by atomic mass is 32.1. The summed E-state index contributed by atoms with van der Waals surface area (Å²) in [4.78, 5) is 11.5. The topological polar surface area (TPSA) is 64.3 Å². The Hall–Kier alpha value is -1.40. The summed E-state index contributed by atoms with van der Waals surface area (Å²) in [6.45, 7) is 1.55. The first kappa shape index (κ1) is 11.7. The number of anilines is 1. The summed E-state index contributed by atoms with van der Waals surface area (Å²) < 4.78 is 5.74. The third-order valence-corrected chi connectivity index (χ3v) is 3.97. The van der Waals surface area contributed by atoms with E-state index in [1.54, 1.807) is 11.3 Å². The molecule has 5 nitrogen and oxygen atoms in total. The van der Waals surface area contributed by atoms with Crippen molar-refractivity contribution < 1.29 is 4.74 Å². The predicted octanol–water partition coefficient (Wildman–Crippen LogP) is 1.75. The van der Waals surface area contributed by atoms with Crippen molar-refractivity contribution in [3.63, 3.8) is 0 Å².